The average Bonchev–Trinajstić information content (AvgIpc) is 2.41. The lowest BCUT2D eigenvalue weighted by Crippen LogP contribution is -2.05. The van der Waals surface area contributed by atoms with E-state index in [0.29, 0.717) is 5.02 Å². The van der Waals surface area contributed by atoms with E-state index in [2.05, 4.69) is 22.6 Å². The zero-order valence-electron chi connectivity index (χ0n) is 10.7. The van der Waals surface area contributed by atoms with E-state index in [0.717, 1.165) is 26.0 Å². The lowest BCUT2D eigenvalue weighted by atomic mass is 9.97. The molecule has 0 radical (unpaired) electrons. The van der Waals surface area contributed by atoms with Crippen molar-refractivity contribution in [3.63, 3.8) is 0 Å². The highest BCUT2D eigenvalue weighted by Crippen LogP contribution is 2.33. The summed E-state index contributed by atoms with van der Waals surface area (Å²) in [5, 5.41) is 11.2. The second-order valence-electron chi connectivity index (χ2n) is 4.24. The van der Waals surface area contributed by atoms with Gasteiger partial charge in [0.05, 0.1) is 7.11 Å². The maximum Gasteiger partial charge on any atom is 0.122 e. The molecule has 0 bridgehead atoms. The number of aliphatic hydroxyl groups is 1. The molecule has 0 saturated heterocycles. The zero-order chi connectivity index (χ0) is 14.0. The van der Waals surface area contributed by atoms with Crippen molar-refractivity contribution in [2.24, 2.45) is 0 Å². The van der Waals surface area contributed by atoms with E-state index in [1.54, 1.807) is 13.2 Å². The molecular formula is C15H14ClIO2. The standard InChI is InChI=1S/C15H14ClIO2/c1-9-11(4-3-5-14(9)19-2)15(18)12-8-10(16)6-7-13(12)17/h3-8,15,18H,1-2H3. The number of aliphatic hydroxyl groups excluding tert-OH is 1. The minimum atomic E-state index is -0.708. The van der Waals surface area contributed by atoms with Crippen LogP contribution in [-0.4, -0.2) is 12.2 Å². The third-order valence-corrected chi connectivity index (χ3v) is 4.31. The van der Waals surface area contributed by atoms with Crippen molar-refractivity contribution >= 4 is 34.2 Å². The molecule has 100 valence electrons. The van der Waals surface area contributed by atoms with Crippen LogP contribution >= 0.6 is 34.2 Å². The maximum atomic E-state index is 10.6. The summed E-state index contributed by atoms with van der Waals surface area (Å²) in [6.07, 6.45) is -0.708. The van der Waals surface area contributed by atoms with E-state index in [9.17, 15) is 5.11 Å². The van der Waals surface area contributed by atoms with Gasteiger partial charge in [0, 0.05) is 8.59 Å². The number of rotatable bonds is 3. The number of methoxy groups -OCH3 is 1. The van der Waals surface area contributed by atoms with Gasteiger partial charge in [-0.3, -0.25) is 0 Å². The summed E-state index contributed by atoms with van der Waals surface area (Å²) in [6.45, 7) is 1.94. The predicted molar refractivity (Wildman–Crippen MR) is 86.0 cm³/mol. The Labute approximate surface area is 131 Å². The molecule has 0 aromatic heterocycles. The van der Waals surface area contributed by atoms with Crippen LogP contribution in [0.3, 0.4) is 0 Å². The van der Waals surface area contributed by atoms with Crippen LogP contribution in [0.2, 0.25) is 5.02 Å². The highest BCUT2D eigenvalue weighted by molar-refractivity contribution is 14.1. The molecule has 1 atom stereocenters. The summed E-state index contributed by atoms with van der Waals surface area (Å²) in [6, 6.07) is 11.2. The third-order valence-electron chi connectivity index (χ3n) is 3.09. The monoisotopic (exact) mass is 388 g/mol. The first-order chi connectivity index (χ1) is 9.04. The smallest absolute Gasteiger partial charge is 0.122 e. The van der Waals surface area contributed by atoms with Crippen molar-refractivity contribution in [2.75, 3.05) is 7.11 Å². The van der Waals surface area contributed by atoms with Crippen molar-refractivity contribution in [3.8, 4) is 5.75 Å². The molecule has 0 saturated carbocycles. The lowest BCUT2D eigenvalue weighted by molar-refractivity contribution is 0.218. The van der Waals surface area contributed by atoms with Crippen LogP contribution in [0.25, 0.3) is 0 Å². The quantitative estimate of drug-likeness (QED) is 0.793. The minimum Gasteiger partial charge on any atom is -0.496 e. The van der Waals surface area contributed by atoms with Crippen molar-refractivity contribution in [1.29, 1.82) is 0 Å². The van der Waals surface area contributed by atoms with Crippen molar-refractivity contribution in [1.82, 2.24) is 0 Å². The van der Waals surface area contributed by atoms with E-state index in [4.69, 9.17) is 16.3 Å². The number of ether oxygens (including phenoxy) is 1. The molecule has 2 nitrogen and oxygen atoms in total. The predicted octanol–water partition coefficient (Wildman–Crippen LogP) is 4.34. The van der Waals surface area contributed by atoms with Gasteiger partial charge in [-0.15, -0.1) is 0 Å². The van der Waals surface area contributed by atoms with Gasteiger partial charge in [0.2, 0.25) is 0 Å². The van der Waals surface area contributed by atoms with Gasteiger partial charge >= 0.3 is 0 Å². The fourth-order valence-electron chi connectivity index (χ4n) is 2.04. The van der Waals surface area contributed by atoms with Gasteiger partial charge in [-0.1, -0.05) is 23.7 Å². The van der Waals surface area contributed by atoms with Crippen LogP contribution in [0.15, 0.2) is 36.4 Å². The Hall–Kier alpha value is -0.780. The zero-order valence-corrected chi connectivity index (χ0v) is 13.6. The summed E-state index contributed by atoms with van der Waals surface area (Å²) in [7, 11) is 1.63. The molecule has 19 heavy (non-hydrogen) atoms. The highest BCUT2D eigenvalue weighted by atomic mass is 127. The van der Waals surface area contributed by atoms with Gasteiger partial charge in [0.25, 0.3) is 0 Å². The number of hydrogen-bond donors (Lipinski definition) is 1. The number of hydrogen-bond acceptors (Lipinski definition) is 2. The Morgan fingerprint density at radius 1 is 1.21 bits per heavy atom. The van der Waals surface area contributed by atoms with Gasteiger partial charge in [-0.2, -0.15) is 0 Å². The third kappa shape index (κ3) is 3.04. The Bertz CT molecular complexity index is 599. The van der Waals surface area contributed by atoms with E-state index in [1.165, 1.54) is 0 Å². The molecule has 2 aromatic carbocycles. The topological polar surface area (TPSA) is 29.5 Å². The largest absolute Gasteiger partial charge is 0.496 e. The van der Waals surface area contributed by atoms with E-state index in [1.807, 2.05) is 37.3 Å². The molecule has 0 aliphatic heterocycles. The molecular weight excluding hydrogens is 375 g/mol. The molecule has 2 aromatic rings. The summed E-state index contributed by atoms with van der Waals surface area (Å²) in [5.41, 5.74) is 2.58. The molecule has 1 unspecified atom stereocenters. The highest BCUT2D eigenvalue weighted by Gasteiger charge is 2.17. The van der Waals surface area contributed by atoms with E-state index < -0.39 is 6.10 Å². The van der Waals surface area contributed by atoms with Gasteiger partial charge in [-0.25, -0.2) is 0 Å². The summed E-state index contributed by atoms with van der Waals surface area (Å²) >= 11 is 8.21. The van der Waals surface area contributed by atoms with Crippen LogP contribution in [0.1, 0.15) is 22.8 Å². The molecule has 0 heterocycles. The molecule has 0 spiro atoms. The van der Waals surface area contributed by atoms with Gasteiger partial charge < -0.3 is 9.84 Å². The SMILES string of the molecule is COc1cccc(C(O)c2cc(Cl)ccc2I)c1C. The van der Waals surface area contributed by atoms with Gasteiger partial charge in [0.15, 0.2) is 0 Å². The lowest BCUT2D eigenvalue weighted by Gasteiger charge is -2.17. The second-order valence-corrected chi connectivity index (χ2v) is 5.84. The van der Waals surface area contributed by atoms with E-state index in [-0.39, 0.29) is 0 Å². The minimum absolute atomic E-state index is 0.620. The van der Waals surface area contributed by atoms with Crippen molar-refractivity contribution in [2.45, 2.75) is 13.0 Å². The first-order valence-electron chi connectivity index (χ1n) is 5.81. The first-order valence-corrected chi connectivity index (χ1v) is 7.26. The van der Waals surface area contributed by atoms with Crippen LogP contribution in [0.4, 0.5) is 0 Å². The Morgan fingerprint density at radius 2 is 1.95 bits per heavy atom. The fraction of sp³-hybridized carbons (Fsp3) is 0.200. The molecule has 2 rings (SSSR count). The number of benzene rings is 2. The van der Waals surface area contributed by atoms with Gasteiger partial charge in [-0.05, 0) is 70.5 Å². The summed E-state index contributed by atoms with van der Waals surface area (Å²) < 4.78 is 6.27. The molecule has 0 amide bonds. The summed E-state index contributed by atoms with van der Waals surface area (Å²) in [5.74, 6) is 0.772. The normalized spacial score (nSPS) is 12.3. The first kappa shape index (κ1) is 14.6. The second kappa shape index (κ2) is 6.11. The Kier molecular flexibility index (Phi) is 4.71. The van der Waals surface area contributed by atoms with Crippen molar-refractivity contribution in [3.05, 3.63) is 61.7 Å². The molecule has 0 aliphatic carbocycles. The van der Waals surface area contributed by atoms with Crippen LogP contribution in [-0.2, 0) is 0 Å². The van der Waals surface area contributed by atoms with Crippen LogP contribution < -0.4 is 4.74 Å². The number of halogens is 2. The van der Waals surface area contributed by atoms with Crippen LogP contribution in [0, 0.1) is 10.5 Å². The maximum absolute atomic E-state index is 10.6. The molecule has 1 N–H and O–H groups in total. The Balaban J connectivity index is 2.50. The van der Waals surface area contributed by atoms with Gasteiger partial charge in [0.1, 0.15) is 11.9 Å². The fourth-order valence-corrected chi connectivity index (χ4v) is 2.85. The van der Waals surface area contributed by atoms with Crippen molar-refractivity contribution < 1.29 is 9.84 Å². The van der Waals surface area contributed by atoms with Crippen LogP contribution in [0.5, 0.6) is 5.75 Å². The summed E-state index contributed by atoms with van der Waals surface area (Å²) in [4.78, 5) is 0. The average molecular weight is 389 g/mol. The Morgan fingerprint density at radius 3 is 2.63 bits per heavy atom. The molecule has 0 aliphatic rings. The molecule has 0 fully saturated rings. The van der Waals surface area contributed by atoms with E-state index >= 15 is 0 Å². The molecule has 4 heteroatoms.